The van der Waals surface area contributed by atoms with E-state index in [-0.39, 0.29) is 6.61 Å². The number of hydrogen-bond acceptors (Lipinski definition) is 5. The first-order valence-electron chi connectivity index (χ1n) is 5.39. The molecule has 7 heteroatoms. The minimum Gasteiger partial charge on any atom is -0.507 e. The van der Waals surface area contributed by atoms with E-state index in [2.05, 4.69) is 0 Å². The van der Waals surface area contributed by atoms with E-state index in [0.29, 0.717) is 6.42 Å². The Morgan fingerprint density at radius 3 is 2.67 bits per heavy atom. The number of phenols is 1. The molecule has 0 aliphatic heterocycles. The highest BCUT2D eigenvalue weighted by molar-refractivity contribution is 7.89. The number of unbranched alkanes of at least 4 members (excludes halogenated alkanes) is 1. The van der Waals surface area contributed by atoms with Crippen LogP contribution in [0.1, 0.15) is 30.1 Å². The van der Waals surface area contributed by atoms with Crippen molar-refractivity contribution in [1.29, 1.82) is 0 Å². The van der Waals surface area contributed by atoms with Gasteiger partial charge in [0.25, 0.3) is 0 Å². The number of benzene rings is 1. The molecule has 1 aromatic rings. The normalized spacial score (nSPS) is 11.2. The lowest BCUT2D eigenvalue weighted by atomic mass is 10.2. The fourth-order valence-electron chi connectivity index (χ4n) is 1.34. The third-order valence-electron chi connectivity index (χ3n) is 2.25. The lowest BCUT2D eigenvalue weighted by molar-refractivity contribution is 0.0491. The molecule has 1 aromatic carbocycles. The summed E-state index contributed by atoms with van der Waals surface area (Å²) < 4.78 is 27.5. The van der Waals surface area contributed by atoms with Gasteiger partial charge in [-0.15, -0.1) is 0 Å². The largest absolute Gasteiger partial charge is 0.507 e. The number of hydrogen-bond donors (Lipinski definition) is 2. The first-order valence-corrected chi connectivity index (χ1v) is 6.94. The first kappa shape index (κ1) is 14.5. The highest BCUT2D eigenvalue weighted by atomic mass is 32.2. The zero-order valence-electron chi connectivity index (χ0n) is 9.92. The molecule has 0 atom stereocenters. The van der Waals surface area contributed by atoms with E-state index in [1.54, 1.807) is 0 Å². The summed E-state index contributed by atoms with van der Waals surface area (Å²) in [5, 5.41) is 14.5. The van der Waals surface area contributed by atoms with Crippen LogP contribution in [0.5, 0.6) is 5.75 Å². The third kappa shape index (κ3) is 3.44. The maximum absolute atomic E-state index is 11.7. The van der Waals surface area contributed by atoms with Crippen molar-refractivity contribution in [3.63, 3.8) is 0 Å². The SMILES string of the molecule is CCCCOC(=O)c1c(O)cccc1S(N)(=O)=O. The predicted molar refractivity (Wildman–Crippen MR) is 64.7 cm³/mol. The Bertz CT molecular complexity index is 538. The Morgan fingerprint density at radius 1 is 1.44 bits per heavy atom. The van der Waals surface area contributed by atoms with Crippen molar-refractivity contribution in [2.75, 3.05) is 6.61 Å². The van der Waals surface area contributed by atoms with Gasteiger partial charge in [-0.05, 0) is 18.6 Å². The zero-order valence-corrected chi connectivity index (χ0v) is 10.7. The van der Waals surface area contributed by atoms with Gasteiger partial charge in [0.15, 0.2) is 0 Å². The van der Waals surface area contributed by atoms with Crippen molar-refractivity contribution in [2.45, 2.75) is 24.7 Å². The number of carbonyl (C=O) groups is 1. The monoisotopic (exact) mass is 273 g/mol. The summed E-state index contributed by atoms with van der Waals surface area (Å²) >= 11 is 0. The highest BCUT2D eigenvalue weighted by Gasteiger charge is 2.23. The molecule has 100 valence electrons. The van der Waals surface area contributed by atoms with Gasteiger partial charge in [-0.2, -0.15) is 0 Å². The quantitative estimate of drug-likeness (QED) is 0.614. The number of phenolic OH excluding ortho intramolecular Hbond substituents is 1. The lowest BCUT2D eigenvalue weighted by Crippen LogP contribution is -2.18. The van der Waals surface area contributed by atoms with E-state index in [1.807, 2.05) is 6.92 Å². The van der Waals surface area contributed by atoms with Crippen LogP contribution in [0.2, 0.25) is 0 Å². The number of esters is 1. The molecule has 0 radical (unpaired) electrons. The number of sulfonamides is 1. The Balaban J connectivity index is 3.11. The van der Waals surface area contributed by atoms with Crippen LogP contribution in [-0.2, 0) is 14.8 Å². The molecule has 0 aliphatic carbocycles. The average molecular weight is 273 g/mol. The smallest absolute Gasteiger partial charge is 0.343 e. The minimum atomic E-state index is -4.09. The van der Waals surface area contributed by atoms with Gasteiger partial charge in [-0.1, -0.05) is 19.4 Å². The summed E-state index contributed by atoms with van der Waals surface area (Å²) in [5.41, 5.74) is -0.420. The molecule has 0 spiro atoms. The second kappa shape index (κ2) is 5.83. The van der Waals surface area contributed by atoms with Crippen LogP contribution in [0.15, 0.2) is 23.1 Å². The zero-order chi connectivity index (χ0) is 13.8. The van der Waals surface area contributed by atoms with Crippen LogP contribution in [0.25, 0.3) is 0 Å². The van der Waals surface area contributed by atoms with Gasteiger partial charge in [0.05, 0.1) is 6.61 Å². The molecule has 0 saturated carbocycles. The molecule has 0 aliphatic rings. The molecule has 0 unspecified atom stereocenters. The van der Waals surface area contributed by atoms with Gasteiger partial charge < -0.3 is 9.84 Å². The summed E-state index contributed by atoms with van der Waals surface area (Å²) in [7, 11) is -4.09. The van der Waals surface area contributed by atoms with Crippen molar-refractivity contribution in [2.24, 2.45) is 5.14 Å². The van der Waals surface area contributed by atoms with E-state index >= 15 is 0 Å². The summed E-state index contributed by atoms with van der Waals surface area (Å²) in [6.45, 7) is 2.08. The van der Waals surface area contributed by atoms with Crippen LogP contribution in [0, 0.1) is 0 Å². The molecule has 6 nitrogen and oxygen atoms in total. The third-order valence-corrected chi connectivity index (χ3v) is 3.20. The van der Waals surface area contributed by atoms with Gasteiger partial charge in [0.1, 0.15) is 16.2 Å². The lowest BCUT2D eigenvalue weighted by Gasteiger charge is -2.09. The van der Waals surface area contributed by atoms with Gasteiger partial charge >= 0.3 is 5.97 Å². The average Bonchev–Trinajstić information content (AvgIpc) is 2.27. The molecule has 0 bridgehead atoms. The second-order valence-corrected chi connectivity index (χ2v) is 5.21. The number of rotatable bonds is 5. The Hall–Kier alpha value is -1.60. The van der Waals surface area contributed by atoms with Crippen molar-refractivity contribution < 1.29 is 23.1 Å². The summed E-state index contributed by atoms with van der Waals surface area (Å²) in [5.74, 6) is -1.37. The van der Waals surface area contributed by atoms with Crippen LogP contribution in [-0.4, -0.2) is 26.1 Å². The van der Waals surface area contributed by atoms with E-state index in [9.17, 15) is 18.3 Å². The molecule has 0 aromatic heterocycles. The van der Waals surface area contributed by atoms with Crippen LogP contribution in [0.3, 0.4) is 0 Å². The Labute approximate surface area is 105 Å². The number of carbonyl (C=O) groups excluding carboxylic acids is 1. The van der Waals surface area contributed by atoms with E-state index < -0.39 is 32.2 Å². The molecule has 3 N–H and O–H groups in total. The van der Waals surface area contributed by atoms with Crippen molar-refractivity contribution in [3.8, 4) is 5.75 Å². The molecule has 1 rings (SSSR count). The molecule has 0 amide bonds. The Kier molecular flexibility index (Phi) is 4.69. The summed E-state index contributed by atoms with van der Waals surface area (Å²) in [6, 6.07) is 3.63. The van der Waals surface area contributed by atoms with Gasteiger partial charge in [0.2, 0.25) is 10.0 Å². The number of nitrogens with two attached hydrogens (primary N) is 1. The first-order chi connectivity index (χ1) is 8.38. The van der Waals surface area contributed by atoms with E-state index in [4.69, 9.17) is 9.88 Å². The minimum absolute atomic E-state index is 0.160. The number of primary sulfonamides is 1. The molecule has 0 fully saturated rings. The van der Waals surface area contributed by atoms with Crippen LogP contribution in [0.4, 0.5) is 0 Å². The van der Waals surface area contributed by atoms with Crippen LogP contribution < -0.4 is 5.14 Å². The topological polar surface area (TPSA) is 107 Å². The molecule has 18 heavy (non-hydrogen) atoms. The molecular weight excluding hydrogens is 258 g/mol. The van der Waals surface area contributed by atoms with E-state index in [1.165, 1.54) is 12.1 Å². The van der Waals surface area contributed by atoms with Gasteiger partial charge in [-0.3, -0.25) is 0 Å². The standard InChI is InChI=1S/C11H15NO5S/c1-2-3-7-17-11(14)10-8(13)5-4-6-9(10)18(12,15)16/h4-6,13H,2-3,7H2,1H3,(H2,12,15,16). The van der Waals surface area contributed by atoms with Crippen molar-refractivity contribution >= 4 is 16.0 Å². The van der Waals surface area contributed by atoms with Gasteiger partial charge in [0, 0.05) is 0 Å². The summed E-state index contributed by atoms with van der Waals surface area (Å²) in [6.07, 6.45) is 1.49. The maximum Gasteiger partial charge on any atom is 0.343 e. The van der Waals surface area contributed by atoms with Crippen LogP contribution >= 0.6 is 0 Å². The second-order valence-electron chi connectivity index (χ2n) is 3.68. The Morgan fingerprint density at radius 2 is 2.11 bits per heavy atom. The van der Waals surface area contributed by atoms with Crippen molar-refractivity contribution in [1.82, 2.24) is 0 Å². The number of ether oxygens (including phenoxy) is 1. The van der Waals surface area contributed by atoms with Gasteiger partial charge in [-0.25, -0.2) is 18.4 Å². The predicted octanol–water partition coefficient (Wildman–Crippen LogP) is 0.997. The van der Waals surface area contributed by atoms with Crippen molar-refractivity contribution in [3.05, 3.63) is 23.8 Å². The summed E-state index contributed by atoms with van der Waals surface area (Å²) in [4.78, 5) is 11.3. The number of aromatic hydroxyl groups is 1. The molecular formula is C11H15NO5S. The molecule has 0 saturated heterocycles. The fourth-order valence-corrected chi connectivity index (χ4v) is 2.08. The highest BCUT2D eigenvalue weighted by Crippen LogP contribution is 2.24. The molecule has 0 heterocycles. The van der Waals surface area contributed by atoms with E-state index in [0.717, 1.165) is 12.5 Å². The maximum atomic E-state index is 11.7. The fraction of sp³-hybridized carbons (Fsp3) is 0.364.